The number of benzene rings is 4. The molecule has 0 bridgehead atoms. The normalized spacial score (nSPS) is 11.8. The molecule has 0 saturated carbocycles. The summed E-state index contributed by atoms with van der Waals surface area (Å²) in [6.07, 6.45) is 36.7. The van der Waals surface area contributed by atoms with E-state index in [0.717, 1.165) is 108 Å². The van der Waals surface area contributed by atoms with Crippen molar-refractivity contribution in [1.82, 2.24) is 0 Å². The summed E-state index contributed by atoms with van der Waals surface area (Å²) in [6.45, 7) is 8.90. The van der Waals surface area contributed by atoms with Gasteiger partial charge in [-0.3, -0.25) is 0 Å². The minimum absolute atomic E-state index is 0. The van der Waals surface area contributed by atoms with Gasteiger partial charge in [-0.15, -0.1) is 0 Å². The minimum atomic E-state index is -4.50. The van der Waals surface area contributed by atoms with Crippen LogP contribution in [0, 0.1) is 0 Å². The van der Waals surface area contributed by atoms with Gasteiger partial charge in [0.25, 0.3) is 0 Å². The SMILES string of the molecule is CCCCCCCCCc1c(S(=O)(=O)[O-])cc2ccccc2c1CCCCCCCCC.CCCCCCCCCc1c(S(=O)(=O)[O-])cc2ccccc2c1CCCCCCCCC.[Ca+2]. The van der Waals surface area contributed by atoms with Gasteiger partial charge in [0.15, 0.2) is 0 Å². The summed E-state index contributed by atoms with van der Waals surface area (Å²) < 4.78 is 73.1. The van der Waals surface area contributed by atoms with E-state index in [0.29, 0.717) is 12.8 Å². The molecule has 0 unspecified atom stereocenters. The molecule has 0 fully saturated rings. The first-order chi connectivity index (χ1) is 31.0. The number of hydrogen-bond acceptors (Lipinski definition) is 6. The third-order valence-electron chi connectivity index (χ3n) is 13.1. The van der Waals surface area contributed by atoms with E-state index >= 15 is 0 Å². The van der Waals surface area contributed by atoms with E-state index in [2.05, 4.69) is 39.8 Å². The van der Waals surface area contributed by atoms with Crippen LogP contribution in [0.1, 0.15) is 230 Å². The number of aryl methyl sites for hydroxylation is 2. The monoisotopic (exact) mass is 959 g/mol. The zero-order valence-electron chi connectivity index (χ0n) is 41.4. The first-order valence-corrected chi connectivity index (χ1v) is 28.8. The molecule has 0 N–H and O–H groups in total. The summed E-state index contributed by atoms with van der Waals surface area (Å²) in [5, 5.41) is 3.96. The van der Waals surface area contributed by atoms with Crippen LogP contribution in [0.5, 0.6) is 0 Å². The number of rotatable bonds is 34. The quantitative estimate of drug-likeness (QED) is 0.0262. The molecule has 0 aromatic heterocycles. The fourth-order valence-electron chi connectivity index (χ4n) is 9.48. The van der Waals surface area contributed by atoms with Crippen molar-refractivity contribution in [3.8, 4) is 0 Å². The van der Waals surface area contributed by atoms with Crippen LogP contribution in [0.15, 0.2) is 70.5 Å². The van der Waals surface area contributed by atoms with Crippen molar-refractivity contribution in [3.05, 3.63) is 82.9 Å². The molecule has 0 heterocycles. The average Bonchev–Trinajstić information content (AvgIpc) is 3.27. The summed E-state index contributed by atoms with van der Waals surface area (Å²) in [5.41, 5.74) is 3.77. The zero-order chi connectivity index (χ0) is 46.5. The van der Waals surface area contributed by atoms with Gasteiger partial charge in [0.05, 0.1) is 9.79 Å². The summed E-state index contributed by atoms with van der Waals surface area (Å²) in [7, 11) is -9.00. The van der Waals surface area contributed by atoms with Crippen LogP contribution in [0.2, 0.25) is 0 Å². The number of fused-ring (bicyclic) bond motifs is 2. The van der Waals surface area contributed by atoms with Gasteiger partial charge in [-0.25, -0.2) is 16.8 Å². The van der Waals surface area contributed by atoms with Crippen molar-refractivity contribution in [3.63, 3.8) is 0 Å². The van der Waals surface area contributed by atoms with Crippen molar-refractivity contribution in [1.29, 1.82) is 0 Å². The summed E-state index contributed by atoms with van der Waals surface area (Å²) in [6, 6.07) is 19.1. The largest absolute Gasteiger partial charge is 2.00 e. The fraction of sp³-hybridized carbons (Fsp3) is 0.643. The summed E-state index contributed by atoms with van der Waals surface area (Å²) in [4.78, 5) is 0.0280. The Balaban J connectivity index is 0.000000440. The van der Waals surface area contributed by atoms with E-state index in [1.165, 1.54) is 128 Å². The Kier molecular flexibility index (Phi) is 31.8. The van der Waals surface area contributed by atoms with Crippen LogP contribution in [-0.2, 0) is 45.9 Å². The molecule has 0 radical (unpaired) electrons. The van der Waals surface area contributed by atoms with Crippen LogP contribution in [0.25, 0.3) is 21.5 Å². The molecule has 0 atom stereocenters. The second-order valence-electron chi connectivity index (χ2n) is 18.5. The van der Waals surface area contributed by atoms with E-state index in [-0.39, 0.29) is 47.5 Å². The molecule has 9 heteroatoms. The molecule has 360 valence electrons. The molecule has 4 aromatic carbocycles. The Morgan fingerprint density at radius 2 is 0.569 bits per heavy atom. The van der Waals surface area contributed by atoms with E-state index in [9.17, 15) is 25.9 Å². The van der Waals surface area contributed by atoms with Gasteiger partial charge in [0, 0.05) is 0 Å². The standard InChI is InChI=1S/2C28H44O3S.Ca/c2*1-3-5-7-9-11-13-15-21-26-25-20-18-17-19-24(25)23-28(32(29,30)31)27(26)22-16-14-12-10-8-6-4-2;/h2*17-20,23H,3-16,21-22H2,1-2H3,(H,29,30,31);/q;;+2/p-2. The Labute approximate surface area is 427 Å². The Morgan fingerprint density at radius 1 is 0.338 bits per heavy atom. The van der Waals surface area contributed by atoms with E-state index < -0.39 is 20.2 Å². The van der Waals surface area contributed by atoms with Crippen molar-refractivity contribution in [2.45, 2.75) is 243 Å². The molecule has 0 spiro atoms. The molecular formula is C56H86CaO6S2. The van der Waals surface area contributed by atoms with Crippen molar-refractivity contribution in [2.75, 3.05) is 0 Å². The third kappa shape index (κ3) is 22.6. The minimum Gasteiger partial charge on any atom is -0.744 e. The zero-order valence-corrected chi connectivity index (χ0v) is 45.2. The molecule has 4 aromatic rings. The maximum absolute atomic E-state index is 12.2. The first-order valence-electron chi connectivity index (χ1n) is 26.0. The molecule has 0 aliphatic heterocycles. The van der Waals surface area contributed by atoms with Crippen LogP contribution in [0.3, 0.4) is 0 Å². The van der Waals surface area contributed by atoms with E-state index in [1.54, 1.807) is 12.1 Å². The fourth-order valence-corrected chi connectivity index (χ4v) is 11.1. The van der Waals surface area contributed by atoms with Crippen molar-refractivity contribution < 1.29 is 25.9 Å². The number of unbranched alkanes of at least 4 members (excludes halogenated alkanes) is 24. The van der Waals surface area contributed by atoms with Gasteiger partial charge >= 0.3 is 37.7 Å². The molecule has 0 amide bonds. The van der Waals surface area contributed by atoms with E-state index in [1.807, 2.05) is 36.4 Å². The van der Waals surface area contributed by atoms with Gasteiger partial charge in [-0.05, 0) is 107 Å². The Hall–Kier alpha value is -1.52. The van der Waals surface area contributed by atoms with Gasteiger partial charge in [-0.2, -0.15) is 0 Å². The predicted molar refractivity (Wildman–Crippen MR) is 276 cm³/mol. The first kappa shape index (κ1) is 59.6. The summed E-state index contributed by atoms with van der Waals surface area (Å²) in [5.74, 6) is 0. The second-order valence-corrected chi connectivity index (χ2v) is 21.2. The maximum Gasteiger partial charge on any atom is 2.00 e. The third-order valence-corrected chi connectivity index (χ3v) is 14.9. The van der Waals surface area contributed by atoms with Crippen LogP contribution in [-0.4, -0.2) is 63.7 Å². The van der Waals surface area contributed by atoms with Gasteiger partial charge in [0.1, 0.15) is 20.2 Å². The van der Waals surface area contributed by atoms with Gasteiger partial charge < -0.3 is 9.11 Å². The molecule has 0 aliphatic rings. The Morgan fingerprint density at radius 3 is 0.831 bits per heavy atom. The number of hydrogen-bond donors (Lipinski definition) is 0. The van der Waals surface area contributed by atoms with Crippen LogP contribution in [0.4, 0.5) is 0 Å². The van der Waals surface area contributed by atoms with Crippen molar-refractivity contribution >= 4 is 79.5 Å². The summed E-state index contributed by atoms with van der Waals surface area (Å²) >= 11 is 0. The van der Waals surface area contributed by atoms with Crippen molar-refractivity contribution in [2.24, 2.45) is 0 Å². The molecule has 4 rings (SSSR count). The van der Waals surface area contributed by atoms with Crippen LogP contribution < -0.4 is 0 Å². The topological polar surface area (TPSA) is 114 Å². The smallest absolute Gasteiger partial charge is 0.744 e. The maximum atomic E-state index is 12.2. The van der Waals surface area contributed by atoms with Crippen LogP contribution >= 0.6 is 0 Å². The molecule has 65 heavy (non-hydrogen) atoms. The van der Waals surface area contributed by atoms with E-state index in [4.69, 9.17) is 0 Å². The molecule has 0 saturated heterocycles. The molecule has 6 nitrogen and oxygen atoms in total. The van der Waals surface area contributed by atoms with Gasteiger partial charge in [0.2, 0.25) is 0 Å². The molecular weight excluding hydrogens is 873 g/mol. The average molecular weight is 960 g/mol. The molecule has 0 aliphatic carbocycles. The Bertz CT molecular complexity index is 1960. The predicted octanol–water partition coefficient (Wildman–Crippen LogP) is 16.3. The van der Waals surface area contributed by atoms with Gasteiger partial charge in [-0.1, -0.05) is 230 Å². The second kappa shape index (κ2) is 34.7.